The maximum absolute atomic E-state index is 14.0. The largest absolute Gasteiger partial charge is 0.507 e. The third-order valence-electron chi connectivity index (χ3n) is 6.37. The topological polar surface area (TPSA) is 102 Å². The minimum absolute atomic E-state index is 0.0440. The quantitative estimate of drug-likeness (QED) is 0.227. The van der Waals surface area contributed by atoms with Crippen molar-refractivity contribution in [3.05, 3.63) is 131 Å². The van der Waals surface area contributed by atoms with E-state index in [0.29, 0.717) is 22.6 Å². The molecule has 1 aromatic heterocycles. The van der Waals surface area contributed by atoms with E-state index >= 15 is 0 Å². The van der Waals surface area contributed by atoms with Crippen LogP contribution in [-0.4, -0.2) is 34.0 Å². The number of ether oxygens (including phenoxy) is 2. The number of hydrogen-bond acceptors (Lipinski definition) is 6. The number of aryl methyl sites for hydroxylation is 1. The monoisotopic (exact) mass is 518 g/mol. The molecule has 7 nitrogen and oxygen atoms in total. The number of aromatic amines is 1. The van der Waals surface area contributed by atoms with Crippen LogP contribution in [0.3, 0.4) is 0 Å². The molecule has 0 atom stereocenters. The average molecular weight is 519 g/mol. The molecule has 7 heteroatoms. The van der Waals surface area contributed by atoms with Crippen molar-refractivity contribution in [2.24, 2.45) is 0 Å². The summed E-state index contributed by atoms with van der Waals surface area (Å²) in [6.07, 6.45) is 0. The number of aromatic nitrogens is 2. The normalized spacial score (nSPS) is 10.7. The first-order chi connectivity index (χ1) is 19.0. The van der Waals surface area contributed by atoms with Gasteiger partial charge in [-0.25, -0.2) is 0 Å². The van der Waals surface area contributed by atoms with Gasteiger partial charge < -0.3 is 14.6 Å². The number of benzene rings is 4. The number of ketones is 2. The molecule has 0 spiro atoms. The number of carbonyl (C=O) groups is 2. The summed E-state index contributed by atoms with van der Waals surface area (Å²) in [7, 11) is 1.57. The van der Waals surface area contributed by atoms with Crippen molar-refractivity contribution >= 4 is 11.6 Å². The van der Waals surface area contributed by atoms with Gasteiger partial charge in [0.25, 0.3) is 0 Å². The van der Waals surface area contributed by atoms with Crippen molar-refractivity contribution in [2.45, 2.75) is 13.5 Å². The van der Waals surface area contributed by atoms with Gasteiger partial charge in [-0.15, -0.1) is 0 Å². The number of H-pyrrole nitrogens is 1. The molecule has 0 saturated heterocycles. The number of phenols is 1. The smallest absolute Gasteiger partial charge is 0.219 e. The molecule has 5 rings (SSSR count). The van der Waals surface area contributed by atoms with Gasteiger partial charge in [-0.1, -0.05) is 66.2 Å². The van der Waals surface area contributed by atoms with Gasteiger partial charge in [0.1, 0.15) is 40.8 Å². The number of nitrogens with one attached hydrogen (secondary N) is 1. The van der Waals surface area contributed by atoms with E-state index in [1.54, 1.807) is 55.6 Å². The second-order valence-electron chi connectivity index (χ2n) is 9.00. The van der Waals surface area contributed by atoms with Crippen LogP contribution in [-0.2, 0) is 6.61 Å². The second kappa shape index (κ2) is 11.1. The Balaban J connectivity index is 1.60. The van der Waals surface area contributed by atoms with Crippen molar-refractivity contribution in [1.29, 1.82) is 0 Å². The summed E-state index contributed by atoms with van der Waals surface area (Å²) in [6.45, 7) is 2.12. The van der Waals surface area contributed by atoms with Crippen LogP contribution in [0.25, 0.3) is 11.3 Å². The van der Waals surface area contributed by atoms with Crippen LogP contribution in [0.15, 0.2) is 97.1 Å². The average Bonchev–Trinajstić information content (AvgIpc) is 3.41. The van der Waals surface area contributed by atoms with Crippen LogP contribution in [0.2, 0.25) is 0 Å². The Morgan fingerprint density at radius 3 is 2.23 bits per heavy atom. The van der Waals surface area contributed by atoms with Crippen LogP contribution in [0, 0.1) is 6.92 Å². The number of phenolic OH excluding ortho intramolecular Hbond substituents is 1. The molecular weight excluding hydrogens is 492 g/mol. The minimum Gasteiger partial charge on any atom is -0.507 e. The van der Waals surface area contributed by atoms with Crippen molar-refractivity contribution in [2.75, 3.05) is 7.11 Å². The Bertz CT molecular complexity index is 1620. The third-order valence-corrected chi connectivity index (χ3v) is 6.37. The first kappa shape index (κ1) is 25.5. The molecule has 194 valence electrons. The SMILES string of the molecule is COc1ccc(-c2n[nH]c(C(=O)c3c(O)cccc3OCc3ccccc3)c2C(=O)c2ccc(C)cc2)cc1. The summed E-state index contributed by atoms with van der Waals surface area (Å²) in [5, 5.41) is 17.9. The summed E-state index contributed by atoms with van der Waals surface area (Å²) >= 11 is 0. The highest BCUT2D eigenvalue weighted by atomic mass is 16.5. The van der Waals surface area contributed by atoms with E-state index in [2.05, 4.69) is 10.2 Å². The second-order valence-corrected chi connectivity index (χ2v) is 9.00. The van der Waals surface area contributed by atoms with Crippen LogP contribution in [0.5, 0.6) is 17.2 Å². The third kappa shape index (κ3) is 5.29. The maximum Gasteiger partial charge on any atom is 0.219 e. The molecule has 0 aliphatic heterocycles. The zero-order chi connectivity index (χ0) is 27.4. The lowest BCUT2D eigenvalue weighted by molar-refractivity contribution is 0.0997. The number of nitrogens with zero attached hydrogens (tertiary/aromatic N) is 1. The highest BCUT2D eigenvalue weighted by Crippen LogP contribution is 2.34. The number of hydrogen-bond donors (Lipinski definition) is 2. The lowest BCUT2D eigenvalue weighted by Crippen LogP contribution is -2.12. The number of carbonyl (C=O) groups excluding carboxylic acids is 2. The molecule has 1 heterocycles. The number of rotatable bonds is 9. The van der Waals surface area contributed by atoms with E-state index in [9.17, 15) is 14.7 Å². The van der Waals surface area contributed by atoms with Crippen LogP contribution in [0.4, 0.5) is 0 Å². The Hall–Kier alpha value is -5.17. The highest BCUT2D eigenvalue weighted by Gasteiger charge is 2.30. The van der Waals surface area contributed by atoms with Gasteiger partial charge in [-0.3, -0.25) is 14.7 Å². The van der Waals surface area contributed by atoms with Gasteiger partial charge in [0.2, 0.25) is 5.78 Å². The first-order valence-electron chi connectivity index (χ1n) is 12.3. The standard InChI is InChI=1S/C32H26N2O5/c1-20-11-13-23(14-12-20)31(36)28-29(22-15-17-24(38-2)18-16-22)33-34-30(28)32(37)27-25(35)9-6-10-26(27)39-19-21-7-4-3-5-8-21/h3-18,35H,19H2,1-2H3,(H,33,34). The maximum atomic E-state index is 14.0. The summed E-state index contributed by atoms with van der Waals surface area (Å²) in [5.41, 5.74) is 3.24. The summed E-state index contributed by atoms with van der Waals surface area (Å²) < 4.78 is 11.2. The molecule has 0 saturated carbocycles. The van der Waals surface area contributed by atoms with E-state index in [4.69, 9.17) is 9.47 Å². The zero-order valence-corrected chi connectivity index (χ0v) is 21.5. The van der Waals surface area contributed by atoms with Gasteiger partial charge in [0.05, 0.1) is 12.7 Å². The van der Waals surface area contributed by atoms with Gasteiger partial charge in [-0.2, -0.15) is 5.10 Å². The molecular formula is C32H26N2O5. The predicted molar refractivity (Wildman–Crippen MR) is 148 cm³/mol. The molecule has 4 aromatic carbocycles. The molecule has 0 aliphatic rings. The number of methoxy groups -OCH3 is 1. The van der Waals surface area contributed by atoms with E-state index in [0.717, 1.165) is 11.1 Å². The molecule has 2 N–H and O–H groups in total. The van der Waals surface area contributed by atoms with Crippen molar-refractivity contribution in [1.82, 2.24) is 10.2 Å². The lowest BCUT2D eigenvalue weighted by Gasteiger charge is -2.13. The highest BCUT2D eigenvalue weighted by molar-refractivity contribution is 6.22. The minimum atomic E-state index is -0.612. The van der Waals surface area contributed by atoms with Gasteiger partial charge >= 0.3 is 0 Å². The van der Waals surface area contributed by atoms with Gasteiger partial charge in [0, 0.05) is 11.1 Å². The predicted octanol–water partition coefficient (Wildman–Crippen LogP) is 6.14. The summed E-state index contributed by atoms with van der Waals surface area (Å²) in [6, 6.07) is 28.2. The van der Waals surface area contributed by atoms with Crippen LogP contribution >= 0.6 is 0 Å². The van der Waals surface area contributed by atoms with E-state index < -0.39 is 5.78 Å². The Labute approximate surface area is 225 Å². The summed E-state index contributed by atoms with van der Waals surface area (Å²) in [4.78, 5) is 27.8. The van der Waals surface area contributed by atoms with Crippen LogP contribution in [0.1, 0.15) is 43.1 Å². The molecule has 5 aromatic rings. The molecule has 39 heavy (non-hydrogen) atoms. The Morgan fingerprint density at radius 2 is 1.54 bits per heavy atom. The molecule has 0 fully saturated rings. The van der Waals surface area contributed by atoms with E-state index in [1.807, 2.05) is 49.4 Å². The van der Waals surface area contributed by atoms with E-state index in [-0.39, 0.29) is 40.7 Å². The molecule has 0 aliphatic carbocycles. The fraction of sp³-hybridized carbons (Fsp3) is 0.0938. The zero-order valence-electron chi connectivity index (χ0n) is 21.5. The lowest BCUT2D eigenvalue weighted by atomic mass is 9.94. The Morgan fingerprint density at radius 1 is 0.821 bits per heavy atom. The van der Waals surface area contributed by atoms with Gasteiger partial charge in [-0.05, 0) is 48.9 Å². The molecule has 0 amide bonds. The van der Waals surface area contributed by atoms with Crippen molar-refractivity contribution < 1.29 is 24.2 Å². The fourth-order valence-corrected chi connectivity index (χ4v) is 4.26. The molecule has 0 bridgehead atoms. The van der Waals surface area contributed by atoms with Crippen molar-refractivity contribution in [3.8, 4) is 28.5 Å². The fourth-order valence-electron chi connectivity index (χ4n) is 4.26. The first-order valence-corrected chi connectivity index (χ1v) is 12.3. The van der Waals surface area contributed by atoms with E-state index in [1.165, 1.54) is 6.07 Å². The van der Waals surface area contributed by atoms with Crippen molar-refractivity contribution in [3.63, 3.8) is 0 Å². The van der Waals surface area contributed by atoms with Gasteiger partial charge in [0.15, 0.2) is 5.78 Å². The molecule has 0 radical (unpaired) electrons. The van der Waals surface area contributed by atoms with Crippen LogP contribution < -0.4 is 9.47 Å². The summed E-state index contributed by atoms with van der Waals surface area (Å²) in [5.74, 6) is -0.413. The molecule has 0 unspecified atom stereocenters. The number of aromatic hydroxyl groups is 1. The Kier molecular flexibility index (Phi) is 7.23.